The van der Waals surface area contributed by atoms with Crippen LogP contribution in [0.3, 0.4) is 0 Å². The average molecular weight is 547 g/mol. The second kappa shape index (κ2) is 10.6. The van der Waals surface area contributed by atoms with Gasteiger partial charge in [-0.3, -0.25) is 9.10 Å². The number of nitrogens with one attached hydrogen (secondary N) is 1. The van der Waals surface area contributed by atoms with Crippen molar-refractivity contribution in [3.05, 3.63) is 74.6 Å². The zero-order chi connectivity index (χ0) is 26.0. The molecule has 1 aliphatic carbocycles. The summed E-state index contributed by atoms with van der Waals surface area (Å²) in [7, 11) is -2.78. The molecule has 190 valence electrons. The van der Waals surface area contributed by atoms with E-state index in [1.807, 2.05) is 6.92 Å². The van der Waals surface area contributed by atoms with Crippen molar-refractivity contribution in [3.8, 4) is 0 Å². The predicted molar refractivity (Wildman–Crippen MR) is 143 cm³/mol. The second-order valence-electron chi connectivity index (χ2n) is 8.71. The quantitative estimate of drug-likeness (QED) is 0.394. The Morgan fingerprint density at radius 1 is 1.08 bits per heavy atom. The molecular weight excluding hydrogens is 520 g/mol. The van der Waals surface area contributed by atoms with Crippen LogP contribution >= 0.6 is 22.9 Å². The predicted octanol–water partition coefficient (Wildman–Crippen LogP) is 5.52. The maximum Gasteiger partial charge on any atom is 0.341 e. The van der Waals surface area contributed by atoms with E-state index in [1.54, 1.807) is 37.3 Å². The van der Waals surface area contributed by atoms with E-state index in [4.69, 9.17) is 16.3 Å². The molecule has 10 heteroatoms. The lowest BCUT2D eigenvalue weighted by Crippen LogP contribution is -2.38. The minimum Gasteiger partial charge on any atom is -0.465 e. The fourth-order valence-corrected chi connectivity index (χ4v) is 7.31. The smallest absolute Gasteiger partial charge is 0.341 e. The summed E-state index contributed by atoms with van der Waals surface area (Å²) in [6.45, 7) is 3.12. The van der Waals surface area contributed by atoms with E-state index in [2.05, 4.69) is 5.32 Å². The zero-order valence-electron chi connectivity index (χ0n) is 20.3. The number of hydrogen-bond acceptors (Lipinski definition) is 6. The molecule has 0 saturated heterocycles. The molecule has 1 N–H and O–H groups in total. The average Bonchev–Trinajstić information content (AvgIpc) is 3.20. The molecule has 1 aromatic heterocycles. The first-order chi connectivity index (χ1) is 17.1. The number of amides is 1. The van der Waals surface area contributed by atoms with Crippen molar-refractivity contribution in [1.82, 2.24) is 0 Å². The second-order valence-corrected chi connectivity index (χ2v) is 12.1. The summed E-state index contributed by atoms with van der Waals surface area (Å²) >= 11 is 7.45. The van der Waals surface area contributed by atoms with Crippen LogP contribution in [0.5, 0.6) is 0 Å². The third kappa shape index (κ3) is 5.28. The first-order valence-electron chi connectivity index (χ1n) is 11.5. The Bertz CT molecular complexity index is 1410. The first kappa shape index (κ1) is 26.2. The van der Waals surface area contributed by atoms with Crippen LogP contribution < -0.4 is 9.62 Å². The summed E-state index contributed by atoms with van der Waals surface area (Å²) in [6.07, 6.45) is 3.54. The molecule has 3 aromatic rings. The van der Waals surface area contributed by atoms with Gasteiger partial charge in [-0.25, -0.2) is 13.2 Å². The molecule has 1 heterocycles. The summed E-state index contributed by atoms with van der Waals surface area (Å²) in [6, 6.07) is 11.3. The molecule has 0 aliphatic heterocycles. The van der Waals surface area contributed by atoms with Gasteiger partial charge in [0, 0.05) is 9.90 Å². The van der Waals surface area contributed by atoms with Crippen molar-refractivity contribution in [3.63, 3.8) is 0 Å². The standard InChI is InChI=1S/C26H27ClN2O5S2/c1-16-8-11-19(12-9-16)36(32,33)29(21-13-10-18(27)14-17(21)2)15-23(30)28-25-24(26(31)34-3)20-6-4-5-7-22(20)35-25/h8-14H,4-7,15H2,1-3H3,(H,28,30). The van der Waals surface area contributed by atoms with Crippen molar-refractivity contribution in [2.45, 2.75) is 44.4 Å². The highest BCUT2D eigenvalue weighted by atomic mass is 35.5. The molecule has 0 saturated carbocycles. The monoisotopic (exact) mass is 546 g/mol. The lowest BCUT2D eigenvalue weighted by atomic mass is 9.95. The van der Waals surface area contributed by atoms with E-state index >= 15 is 0 Å². The van der Waals surface area contributed by atoms with Crippen molar-refractivity contribution in [2.24, 2.45) is 0 Å². The number of aryl methyl sites for hydroxylation is 3. The SMILES string of the molecule is COC(=O)c1c(NC(=O)CN(c2ccc(Cl)cc2C)S(=O)(=O)c2ccc(C)cc2)sc2c1CCCC2. The third-order valence-corrected chi connectivity index (χ3v) is 9.35. The minimum atomic E-state index is -4.09. The number of ether oxygens (including phenoxy) is 1. The molecule has 4 rings (SSSR count). The van der Waals surface area contributed by atoms with E-state index in [9.17, 15) is 18.0 Å². The van der Waals surface area contributed by atoms with Crippen molar-refractivity contribution >= 4 is 55.5 Å². The number of fused-ring (bicyclic) bond motifs is 1. The number of carbonyl (C=O) groups is 2. The number of hydrogen-bond donors (Lipinski definition) is 1. The fraction of sp³-hybridized carbons (Fsp3) is 0.308. The molecule has 7 nitrogen and oxygen atoms in total. The van der Waals surface area contributed by atoms with Crippen molar-refractivity contribution in [1.29, 1.82) is 0 Å². The fourth-order valence-electron chi connectivity index (χ4n) is 4.30. The van der Waals surface area contributed by atoms with Gasteiger partial charge in [0.15, 0.2) is 0 Å². The van der Waals surface area contributed by atoms with Gasteiger partial charge in [0.2, 0.25) is 5.91 Å². The number of esters is 1. The summed E-state index contributed by atoms with van der Waals surface area (Å²) in [5, 5.41) is 3.64. The van der Waals surface area contributed by atoms with Crippen LogP contribution in [0.1, 0.15) is 44.8 Å². The van der Waals surface area contributed by atoms with Crippen LogP contribution in [0, 0.1) is 13.8 Å². The first-order valence-corrected chi connectivity index (χ1v) is 14.1. The molecule has 0 unspecified atom stereocenters. The van der Waals surface area contributed by atoms with E-state index in [1.165, 1.54) is 30.6 Å². The van der Waals surface area contributed by atoms with Gasteiger partial charge in [0.25, 0.3) is 10.0 Å². The molecule has 0 radical (unpaired) electrons. The van der Waals surface area contributed by atoms with E-state index in [0.29, 0.717) is 26.8 Å². The van der Waals surface area contributed by atoms with Gasteiger partial charge in [-0.2, -0.15) is 0 Å². The molecular formula is C26H27ClN2O5S2. The summed E-state index contributed by atoms with van der Waals surface area (Å²) < 4.78 is 33.4. The minimum absolute atomic E-state index is 0.0667. The van der Waals surface area contributed by atoms with Crippen molar-refractivity contribution in [2.75, 3.05) is 23.3 Å². The number of carbonyl (C=O) groups excluding carboxylic acids is 2. The Hall–Kier alpha value is -2.88. The lowest BCUT2D eigenvalue weighted by molar-refractivity contribution is -0.114. The normalized spacial score (nSPS) is 13.1. The number of rotatable bonds is 7. The van der Waals surface area contributed by atoms with Crippen LogP contribution in [-0.4, -0.2) is 33.9 Å². The van der Waals surface area contributed by atoms with Gasteiger partial charge in [-0.1, -0.05) is 29.3 Å². The lowest BCUT2D eigenvalue weighted by Gasteiger charge is -2.25. The molecule has 0 fully saturated rings. The van der Waals surface area contributed by atoms with Gasteiger partial charge in [0.1, 0.15) is 11.5 Å². The Morgan fingerprint density at radius 2 is 1.78 bits per heavy atom. The number of nitrogens with zero attached hydrogens (tertiary/aromatic N) is 1. The van der Waals surface area contributed by atoms with Gasteiger partial charge >= 0.3 is 5.97 Å². The van der Waals surface area contributed by atoms with Gasteiger partial charge < -0.3 is 10.1 Å². The van der Waals surface area contributed by atoms with Gasteiger partial charge in [0.05, 0.1) is 23.3 Å². The highest BCUT2D eigenvalue weighted by Crippen LogP contribution is 2.39. The Balaban J connectivity index is 1.70. The topological polar surface area (TPSA) is 92.8 Å². The van der Waals surface area contributed by atoms with Crippen LogP contribution in [0.4, 0.5) is 10.7 Å². The molecule has 0 atom stereocenters. The third-order valence-electron chi connectivity index (χ3n) is 6.14. The summed E-state index contributed by atoms with van der Waals surface area (Å²) in [4.78, 5) is 27.0. The van der Waals surface area contributed by atoms with E-state index < -0.39 is 28.4 Å². The van der Waals surface area contributed by atoms with Crippen LogP contribution in [0.15, 0.2) is 47.4 Å². The maximum atomic E-state index is 13.7. The number of halogens is 1. The molecule has 0 bridgehead atoms. The Labute approximate surface area is 220 Å². The summed E-state index contributed by atoms with van der Waals surface area (Å²) in [5.74, 6) is -1.08. The van der Waals surface area contributed by atoms with Gasteiger partial charge in [-0.05, 0) is 81.0 Å². The van der Waals surface area contributed by atoms with E-state index in [-0.39, 0.29) is 4.90 Å². The number of sulfonamides is 1. The molecule has 1 amide bonds. The zero-order valence-corrected chi connectivity index (χ0v) is 22.6. The molecule has 36 heavy (non-hydrogen) atoms. The highest BCUT2D eigenvalue weighted by Gasteiger charge is 2.31. The largest absolute Gasteiger partial charge is 0.465 e. The van der Waals surface area contributed by atoms with Crippen LogP contribution in [0.25, 0.3) is 0 Å². The number of thiophene rings is 1. The number of anilines is 2. The molecule has 1 aliphatic rings. The van der Waals surface area contributed by atoms with Gasteiger partial charge in [-0.15, -0.1) is 11.3 Å². The maximum absolute atomic E-state index is 13.7. The Morgan fingerprint density at radius 3 is 2.44 bits per heavy atom. The molecule has 0 spiro atoms. The van der Waals surface area contributed by atoms with Crippen molar-refractivity contribution < 1.29 is 22.7 Å². The van der Waals surface area contributed by atoms with Crippen LogP contribution in [-0.2, 0) is 32.4 Å². The number of methoxy groups -OCH3 is 1. The molecule has 2 aromatic carbocycles. The number of benzene rings is 2. The van der Waals surface area contributed by atoms with E-state index in [0.717, 1.165) is 46.0 Å². The summed E-state index contributed by atoms with van der Waals surface area (Å²) in [5.41, 5.74) is 3.13. The van der Waals surface area contributed by atoms with Crippen LogP contribution in [0.2, 0.25) is 5.02 Å². The Kier molecular flexibility index (Phi) is 7.73. The highest BCUT2D eigenvalue weighted by molar-refractivity contribution is 7.92.